The summed E-state index contributed by atoms with van der Waals surface area (Å²) in [5, 5.41) is 10.0. The number of halogens is 6. The third-order valence-electron chi connectivity index (χ3n) is 8.60. The van der Waals surface area contributed by atoms with Crippen LogP contribution in [-0.2, 0) is 17.5 Å². The lowest BCUT2D eigenvalue weighted by Crippen LogP contribution is -2.50. The maximum absolute atomic E-state index is 14.2. The summed E-state index contributed by atoms with van der Waals surface area (Å²) in [5.74, 6) is -2.68. The van der Waals surface area contributed by atoms with Crippen LogP contribution in [0.4, 0.5) is 26.3 Å². The minimum Gasteiger partial charge on any atom is -0.490 e. The van der Waals surface area contributed by atoms with Crippen LogP contribution in [0.3, 0.4) is 0 Å². The number of ether oxygens (including phenoxy) is 1. The normalized spacial score (nSPS) is 28.8. The van der Waals surface area contributed by atoms with Gasteiger partial charge in [0.15, 0.2) is 0 Å². The van der Waals surface area contributed by atoms with Crippen molar-refractivity contribution in [2.75, 3.05) is 13.1 Å². The Bertz CT molecular complexity index is 1160. The highest BCUT2D eigenvalue weighted by Crippen LogP contribution is 2.45. The Morgan fingerprint density at radius 1 is 0.921 bits per heavy atom. The van der Waals surface area contributed by atoms with Crippen molar-refractivity contribution in [3.05, 3.63) is 41.5 Å². The number of alkyl halides is 6. The fourth-order valence-corrected chi connectivity index (χ4v) is 6.86. The molecule has 2 aliphatic carbocycles. The van der Waals surface area contributed by atoms with Crippen molar-refractivity contribution in [2.45, 2.75) is 69.9 Å². The first-order valence-electron chi connectivity index (χ1n) is 13.2. The number of benzene rings is 2. The molecule has 1 heterocycles. The summed E-state index contributed by atoms with van der Waals surface area (Å²) >= 11 is 0. The molecule has 3 aliphatic rings. The standard InChI is InChI=1S/C28H31F6NO3/c29-27(30,31)20-6-8-21(9-7-20)38-23-11-5-17-12-16(4-10-22(17)25(23)28(32,33)34)13-35-14-18-2-1-3-19(15-35)24(18)26(36)37/h4-5,10-12,18-21,24H,1-3,6-9,13-15H2,(H,36,37). The predicted octanol–water partition coefficient (Wildman–Crippen LogP) is 7.29. The number of carboxylic acids is 1. The fourth-order valence-electron chi connectivity index (χ4n) is 6.86. The molecule has 0 spiro atoms. The third kappa shape index (κ3) is 5.60. The van der Waals surface area contributed by atoms with Gasteiger partial charge in [0.1, 0.15) is 11.3 Å². The zero-order chi connectivity index (χ0) is 27.2. The van der Waals surface area contributed by atoms with E-state index in [0.29, 0.717) is 25.0 Å². The van der Waals surface area contributed by atoms with E-state index in [0.717, 1.165) is 24.8 Å². The second-order valence-electron chi connectivity index (χ2n) is 11.1. The smallest absolute Gasteiger partial charge is 0.420 e. The number of rotatable bonds is 5. The summed E-state index contributed by atoms with van der Waals surface area (Å²) in [6, 6.07) is 7.66. The van der Waals surface area contributed by atoms with Crippen LogP contribution >= 0.6 is 0 Å². The molecular formula is C28H31F6NO3. The molecule has 0 radical (unpaired) electrons. The average molecular weight is 544 g/mol. The zero-order valence-electron chi connectivity index (χ0n) is 20.8. The maximum atomic E-state index is 14.2. The van der Waals surface area contributed by atoms with E-state index in [4.69, 9.17) is 4.74 Å². The van der Waals surface area contributed by atoms with Gasteiger partial charge < -0.3 is 9.84 Å². The number of hydrogen-bond acceptors (Lipinski definition) is 3. The van der Waals surface area contributed by atoms with Crippen LogP contribution in [0.1, 0.15) is 56.1 Å². The molecule has 2 aromatic carbocycles. The number of nitrogens with zero attached hydrogens (tertiary/aromatic N) is 1. The van der Waals surface area contributed by atoms with E-state index >= 15 is 0 Å². The SMILES string of the molecule is O=C(O)C1C2CCCC1CN(Cc1ccc3c(C(F)(F)F)c(OC4CCC(C(F)(F)F)CC4)ccc3c1)C2. The molecule has 38 heavy (non-hydrogen) atoms. The van der Waals surface area contributed by atoms with Crippen LogP contribution < -0.4 is 4.74 Å². The summed E-state index contributed by atoms with van der Waals surface area (Å²) in [4.78, 5) is 13.9. The molecule has 0 amide bonds. The summed E-state index contributed by atoms with van der Waals surface area (Å²) in [5.41, 5.74) is -0.0621. The van der Waals surface area contributed by atoms with Crippen molar-refractivity contribution in [3.63, 3.8) is 0 Å². The van der Waals surface area contributed by atoms with Gasteiger partial charge in [-0.15, -0.1) is 0 Å². The Morgan fingerprint density at radius 2 is 1.58 bits per heavy atom. The number of aliphatic carboxylic acids is 1. The highest BCUT2D eigenvalue weighted by Gasteiger charge is 2.44. The first-order valence-corrected chi connectivity index (χ1v) is 13.2. The molecule has 5 rings (SSSR count). The summed E-state index contributed by atoms with van der Waals surface area (Å²) in [7, 11) is 0. The first-order chi connectivity index (χ1) is 17.9. The molecule has 2 unspecified atom stereocenters. The second-order valence-corrected chi connectivity index (χ2v) is 11.1. The lowest BCUT2D eigenvalue weighted by atomic mass is 9.69. The van der Waals surface area contributed by atoms with Gasteiger partial charge >= 0.3 is 18.3 Å². The molecule has 1 N–H and O–H groups in total. The van der Waals surface area contributed by atoms with Crippen molar-refractivity contribution in [1.29, 1.82) is 0 Å². The van der Waals surface area contributed by atoms with Gasteiger partial charge in [-0.25, -0.2) is 0 Å². The van der Waals surface area contributed by atoms with E-state index in [2.05, 4.69) is 4.90 Å². The van der Waals surface area contributed by atoms with E-state index < -0.39 is 35.9 Å². The van der Waals surface area contributed by atoms with Crippen LogP contribution in [-0.4, -0.2) is 41.3 Å². The lowest BCUT2D eigenvalue weighted by molar-refractivity contribution is -0.185. The Kier molecular flexibility index (Phi) is 7.30. The van der Waals surface area contributed by atoms with Gasteiger partial charge in [-0.05, 0) is 78.8 Å². The molecule has 1 saturated heterocycles. The van der Waals surface area contributed by atoms with E-state index in [-0.39, 0.29) is 54.6 Å². The van der Waals surface area contributed by atoms with Gasteiger partial charge in [0, 0.05) is 19.6 Å². The lowest BCUT2D eigenvalue weighted by Gasteiger charge is -2.45. The molecule has 2 bridgehead atoms. The Balaban J connectivity index is 1.34. The molecule has 2 atom stereocenters. The Hall–Kier alpha value is -2.49. The number of likely N-dealkylation sites (tertiary alicyclic amines) is 1. The van der Waals surface area contributed by atoms with Gasteiger partial charge in [0.2, 0.25) is 0 Å². The number of carboxylic acid groups (broad SMARTS) is 1. The van der Waals surface area contributed by atoms with Crippen molar-refractivity contribution in [1.82, 2.24) is 4.90 Å². The molecular weight excluding hydrogens is 512 g/mol. The van der Waals surface area contributed by atoms with Crippen molar-refractivity contribution < 1.29 is 41.0 Å². The van der Waals surface area contributed by atoms with Crippen LogP contribution in [0.15, 0.2) is 30.3 Å². The van der Waals surface area contributed by atoms with E-state index in [9.17, 15) is 36.2 Å². The average Bonchev–Trinajstić information content (AvgIpc) is 2.82. The first kappa shape index (κ1) is 27.1. The van der Waals surface area contributed by atoms with Gasteiger partial charge in [-0.1, -0.05) is 24.6 Å². The largest absolute Gasteiger partial charge is 0.490 e. The zero-order valence-corrected chi connectivity index (χ0v) is 20.8. The minimum atomic E-state index is -4.70. The summed E-state index contributed by atoms with van der Waals surface area (Å²) in [6.07, 6.45) is -7.12. The van der Waals surface area contributed by atoms with Gasteiger partial charge in [-0.2, -0.15) is 26.3 Å². The van der Waals surface area contributed by atoms with Gasteiger partial charge in [0.05, 0.1) is 17.9 Å². The topological polar surface area (TPSA) is 49.8 Å². The second kappa shape index (κ2) is 10.2. The maximum Gasteiger partial charge on any atom is 0.420 e. The molecule has 2 aromatic rings. The van der Waals surface area contributed by atoms with E-state index in [1.54, 1.807) is 18.2 Å². The Morgan fingerprint density at radius 3 is 2.16 bits per heavy atom. The van der Waals surface area contributed by atoms with Crippen molar-refractivity contribution in [3.8, 4) is 5.75 Å². The van der Waals surface area contributed by atoms with Crippen LogP contribution in [0.5, 0.6) is 5.75 Å². The minimum absolute atomic E-state index is 0.0100. The van der Waals surface area contributed by atoms with E-state index in [1.807, 2.05) is 0 Å². The van der Waals surface area contributed by atoms with Crippen LogP contribution in [0.2, 0.25) is 0 Å². The van der Waals surface area contributed by atoms with E-state index in [1.165, 1.54) is 12.1 Å². The third-order valence-corrected chi connectivity index (χ3v) is 8.60. The quantitative estimate of drug-likeness (QED) is 0.403. The number of hydrogen-bond donors (Lipinski definition) is 1. The molecule has 3 fully saturated rings. The highest BCUT2D eigenvalue weighted by atomic mass is 19.4. The number of carbonyl (C=O) groups is 1. The van der Waals surface area contributed by atoms with Crippen molar-refractivity contribution >= 4 is 16.7 Å². The van der Waals surface area contributed by atoms with Crippen LogP contribution in [0.25, 0.3) is 10.8 Å². The summed E-state index contributed by atoms with van der Waals surface area (Å²) < 4.78 is 87.1. The summed E-state index contributed by atoms with van der Waals surface area (Å²) in [6.45, 7) is 1.84. The van der Waals surface area contributed by atoms with Crippen LogP contribution in [0, 0.1) is 23.7 Å². The highest BCUT2D eigenvalue weighted by molar-refractivity contribution is 5.89. The molecule has 208 valence electrons. The number of fused-ring (bicyclic) bond motifs is 3. The predicted molar refractivity (Wildman–Crippen MR) is 129 cm³/mol. The molecule has 1 aliphatic heterocycles. The molecule has 2 saturated carbocycles. The molecule has 0 aromatic heterocycles. The van der Waals surface area contributed by atoms with Gasteiger partial charge in [-0.3, -0.25) is 9.69 Å². The molecule has 10 heteroatoms. The molecule has 4 nitrogen and oxygen atoms in total. The fraction of sp³-hybridized carbons (Fsp3) is 0.607. The van der Waals surface area contributed by atoms with Gasteiger partial charge in [0.25, 0.3) is 0 Å². The number of piperidine rings is 1. The monoisotopic (exact) mass is 543 g/mol. The van der Waals surface area contributed by atoms with Crippen molar-refractivity contribution in [2.24, 2.45) is 23.7 Å². The Labute approximate surface area is 216 Å².